The summed E-state index contributed by atoms with van der Waals surface area (Å²) < 4.78 is 5.09. The lowest BCUT2D eigenvalue weighted by molar-refractivity contribution is -0.385. The number of nitro benzene ring substituents is 2. The summed E-state index contributed by atoms with van der Waals surface area (Å²) in [6.07, 6.45) is 1.13. The summed E-state index contributed by atoms with van der Waals surface area (Å²) in [6, 6.07) is 11.5. The van der Waals surface area contributed by atoms with Gasteiger partial charge in [-0.25, -0.2) is 5.43 Å². The van der Waals surface area contributed by atoms with Crippen LogP contribution < -0.4 is 10.2 Å². The zero-order valence-electron chi connectivity index (χ0n) is 12.7. The number of amides is 1. The van der Waals surface area contributed by atoms with Gasteiger partial charge in [0.05, 0.1) is 21.6 Å². The first-order valence-corrected chi connectivity index (χ1v) is 6.90. The summed E-state index contributed by atoms with van der Waals surface area (Å²) in [7, 11) is 0. The predicted octanol–water partition coefficient (Wildman–Crippen LogP) is 2.03. The molecule has 0 heterocycles. The van der Waals surface area contributed by atoms with Crippen LogP contribution in [0.2, 0.25) is 0 Å². The topological polar surface area (TPSA) is 137 Å². The van der Waals surface area contributed by atoms with Crippen molar-refractivity contribution in [3.05, 3.63) is 74.3 Å². The summed E-state index contributed by atoms with van der Waals surface area (Å²) in [5.41, 5.74) is 1.92. The van der Waals surface area contributed by atoms with E-state index in [2.05, 4.69) is 10.5 Å². The fourth-order valence-electron chi connectivity index (χ4n) is 1.84. The van der Waals surface area contributed by atoms with Crippen LogP contribution in [0.4, 0.5) is 11.4 Å². The minimum absolute atomic E-state index is 0.0506. The van der Waals surface area contributed by atoms with Crippen molar-refractivity contribution in [3.63, 3.8) is 0 Å². The largest absolute Gasteiger partial charge is 0.477 e. The van der Waals surface area contributed by atoms with Gasteiger partial charge in [-0.05, 0) is 12.1 Å². The molecule has 0 saturated heterocycles. The Morgan fingerprint density at radius 3 is 2.32 bits per heavy atom. The minimum atomic E-state index is -0.673. The van der Waals surface area contributed by atoms with Crippen molar-refractivity contribution < 1.29 is 19.4 Å². The van der Waals surface area contributed by atoms with E-state index >= 15 is 0 Å². The fraction of sp³-hybridized carbons (Fsp3) is 0.0667. The third-order valence-corrected chi connectivity index (χ3v) is 2.95. The second-order valence-electron chi connectivity index (χ2n) is 4.62. The minimum Gasteiger partial charge on any atom is -0.477 e. The number of hydrogen-bond donors (Lipinski definition) is 1. The lowest BCUT2D eigenvalue weighted by Crippen LogP contribution is -2.24. The van der Waals surface area contributed by atoms with Gasteiger partial charge in [0, 0.05) is 12.1 Å². The van der Waals surface area contributed by atoms with E-state index in [1.165, 1.54) is 42.5 Å². The SMILES string of the molecule is O=C(COc1ccccc1[N+](=O)[O-])N/N=C\c1ccccc1[N+](=O)[O-]. The maximum Gasteiger partial charge on any atom is 0.310 e. The van der Waals surface area contributed by atoms with Crippen LogP contribution in [-0.4, -0.2) is 28.6 Å². The molecule has 0 radical (unpaired) electrons. The number of carbonyl (C=O) groups excluding carboxylic acids is 1. The summed E-state index contributed by atoms with van der Waals surface area (Å²) in [6.45, 7) is -0.501. The molecular weight excluding hydrogens is 332 g/mol. The molecule has 0 aromatic heterocycles. The maximum atomic E-state index is 11.7. The molecule has 0 aliphatic rings. The van der Waals surface area contributed by atoms with E-state index in [1.807, 2.05) is 0 Å². The highest BCUT2D eigenvalue weighted by Crippen LogP contribution is 2.25. The number of nitrogens with one attached hydrogen (secondary N) is 1. The lowest BCUT2D eigenvalue weighted by Gasteiger charge is -2.05. The van der Waals surface area contributed by atoms with Crippen molar-refractivity contribution in [2.45, 2.75) is 0 Å². The molecule has 25 heavy (non-hydrogen) atoms. The van der Waals surface area contributed by atoms with Gasteiger partial charge in [-0.1, -0.05) is 24.3 Å². The van der Waals surface area contributed by atoms with Crippen molar-refractivity contribution in [1.82, 2.24) is 5.43 Å². The Hall–Kier alpha value is -3.82. The van der Waals surface area contributed by atoms with Crippen LogP contribution >= 0.6 is 0 Å². The van der Waals surface area contributed by atoms with Crippen molar-refractivity contribution in [2.24, 2.45) is 5.10 Å². The van der Waals surface area contributed by atoms with E-state index in [4.69, 9.17) is 4.74 Å². The maximum absolute atomic E-state index is 11.7. The van der Waals surface area contributed by atoms with Crippen LogP contribution in [-0.2, 0) is 4.79 Å². The molecule has 1 amide bonds. The van der Waals surface area contributed by atoms with Crippen LogP contribution in [0, 0.1) is 20.2 Å². The molecule has 2 aromatic rings. The molecule has 0 aliphatic carbocycles. The molecule has 10 heteroatoms. The van der Waals surface area contributed by atoms with E-state index < -0.39 is 22.4 Å². The first kappa shape index (κ1) is 17.5. The molecule has 0 aliphatic heterocycles. The number of carbonyl (C=O) groups is 1. The molecule has 0 unspecified atom stereocenters. The number of ether oxygens (including phenoxy) is 1. The van der Waals surface area contributed by atoms with Crippen LogP contribution in [0.1, 0.15) is 5.56 Å². The van der Waals surface area contributed by atoms with Crippen molar-refractivity contribution in [1.29, 1.82) is 0 Å². The molecule has 2 rings (SSSR count). The van der Waals surface area contributed by atoms with Gasteiger partial charge in [0.15, 0.2) is 12.4 Å². The fourth-order valence-corrected chi connectivity index (χ4v) is 1.84. The van der Waals surface area contributed by atoms with Gasteiger partial charge < -0.3 is 4.74 Å². The number of para-hydroxylation sites is 3. The van der Waals surface area contributed by atoms with Gasteiger partial charge in [-0.15, -0.1) is 0 Å². The summed E-state index contributed by atoms with van der Waals surface area (Å²) in [4.78, 5) is 32.1. The summed E-state index contributed by atoms with van der Waals surface area (Å²) in [5.74, 6) is -0.724. The average Bonchev–Trinajstić information content (AvgIpc) is 2.60. The summed E-state index contributed by atoms with van der Waals surface area (Å²) >= 11 is 0. The Morgan fingerprint density at radius 2 is 1.64 bits per heavy atom. The number of benzene rings is 2. The lowest BCUT2D eigenvalue weighted by atomic mass is 10.2. The number of nitro groups is 2. The second-order valence-corrected chi connectivity index (χ2v) is 4.62. The van der Waals surface area contributed by atoms with E-state index in [1.54, 1.807) is 6.07 Å². The molecule has 0 atom stereocenters. The molecule has 0 bridgehead atoms. The highest BCUT2D eigenvalue weighted by Gasteiger charge is 2.15. The van der Waals surface area contributed by atoms with Crippen molar-refractivity contribution in [3.8, 4) is 5.75 Å². The predicted molar refractivity (Wildman–Crippen MR) is 87.4 cm³/mol. The smallest absolute Gasteiger partial charge is 0.310 e. The Labute approximate surface area is 141 Å². The molecule has 0 fully saturated rings. The van der Waals surface area contributed by atoms with Gasteiger partial charge in [0.2, 0.25) is 0 Å². The second kappa shape index (κ2) is 8.15. The van der Waals surface area contributed by atoms with E-state index in [-0.39, 0.29) is 22.7 Å². The first-order valence-electron chi connectivity index (χ1n) is 6.90. The van der Waals surface area contributed by atoms with E-state index in [9.17, 15) is 25.0 Å². The molecule has 10 nitrogen and oxygen atoms in total. The Bertz CT molecular complexity index is 836. The molecule has 1 N–H and O–H groups in total. The van der Waals surface area contributed by atoms with Gasteiger partial charge >= 0.3 is 5.69 Å². The Balaban J connectivity index is 1.94. The van der Waals surface area contributed by atoms with Crippen LogP contribution in [0.5, 0.6) is 5.75 Å². The Kier molecular flexibility index (Phi) is 5.72. The molecule has 128 valence electrons. The normalized spacial score (nSPS) is 10.4. The highest BCUT2D eigenvalue weighted by atomic mass is 16.6. The van der Waals surface area contributed by atoms with Crippen molar-refractivity contribution >= 4 is 23.5 Å². The van der Waals surface area contributed by atoms with Gasteiger partial charge in [0.1, 0.15) is 0 Å². The van der Waals surface area contributed by atoms with Gasteiger partial charge in [0.25, 0.3) is 11.6 Å². The number of rotatable bonds is 7. The molecule has 0 spiro atoms. The van der Waals surface area contributed by atoms with E-state index in [0.29, 0.717) is 0 Å². The van der Waals surface area contributed by atoms with Crippen LogP contribution in [0.15, 0.2) is 53.6 Å². The number of hydrogen-bond acceptors (Lipinski definition) is 7. The third kappa shape index (κ3) is 4.82. The highest BCUT2D eigenvalue weighted by molar-refractivity contribution is 5.86. The van der Waals surface area contributed by atoms with Gasteiger partial charge in [-0.2, -0.15) is 5.10 Å². The van der Waals surface area contributed by atoms with Crippen LogP contribution in [0.3, 0.4) is 0 Å². The monoisotopic (exact) mass is 344 g/mol. The zero-order chi connectivity index (χ0) is 18.2. The third-order valence-electron chi connectivity index (χ3n) is 2.95. The molecule has 2 aromatic carbocycles. The Morgan fingerprint density at radius 1 is 1.04 bits per heavy atom. The standard InChI is InChI=1S/C15H12N4O6/c20-15(10-25-14-8-4-3-7-13(14)19(23)24)17-16-9-11-5-1-2-6-12(11)18(21)22/h1-9H,10H2,(H,17,20)/b16-9-. The zero-order valence-corrected chi connectivity index (χ0v) is 12.7. The number of nitrogens with zero attached hydrogens (tertiary/aromatic N) is 3. The van der Waals surface area contributed by atoms with Crippen LogP contribution in [0.25, 0.3) is 0 Å². The van der Waals surface area contributed by atoms with Gasteiger partial charge in [-0.3, -0.25) is 25.0 Å². The first-order chi connectivity index (χ1) is 12.0. The molecule has 0 saturated carbocycles. The quantitative estimate of drug-likeness (QED) is 0.463. The van der Waals surface area contributed by atoms with Crippen molar-refractivity contribution in [2.75, 3.05) is 6.61 Å². The molecular formula is C15H12N4O6. The van der Waals surface area contributed by atoms with E-state index in [0.717, 1.165) is 6.21 Å². The number of hydrazone groups is 1. The summed E-state index contributed by atoms with van der Waals surface area (Å²) in [5, 5.41) is 25.3. The average molecular weight is 344 g/mol.